The predicted octanol–water partition coefficient (Wildman–Crippen LogP) is 0.368. The van der Waals surface area contributed by atoms with Crippen LogP contribution in [0.5, 0.6) is 0 Å². The SMILES string of the molecule is CC(C)OCCN(C)C(=O)N1CCNCC1. The van der Waals surface area contributed by atoms with E-state index in [2.05, 4.69) is 5.32 Å². The molecule has 0 spiro atoms. The third-order valence-electron chi connectivity index (χ3n) is 2.59. The lowest BCUT2D eigenvalue weighted by Gasteiger charge is -2.31. The second kappa shape index (κ2) is 6.70. The van der Waals surface area contributed by atoms with Gasteiger partial charge in [-0.2, -0.15) is 0 Å². The molecule has 1 aliphatic rings. The Morgan fingerprint density at radius 1 is 1.44 bits per heavy atom. The largest absolute Gasteiger partial charge is 0.377 e. The fourth-order valence-corrected chi connectivity index (χ4v) is 1.62. The van der Waals surface area contributed by atoms with Gasteiger partial charge in [0.25, 0.3) is 0 Å². The van der Waals surface area contributed by atoms with Crippen LogP contribution in [0.3, 0.4) is 0 Å². The summed E-state index contributed by atoms with van der Waals surface area (Å²) in [4.78, 5) is 15.6. The molecule has 2 amide bonds. The molecule has 0 aromatic rings. The van der Waals surface area contributed by atoms with Crippen LogP contribution in [0.4, 0.5) is 4.79 Å². The molecule has 0 radical (unpaired) electrons. The normalized spacial score (nSPS) is 16.6. The number of ether oxygens (including phenoxy) is 1. The van der Waals surface area contributed by atoms with Crippen LogP contribution in [0, 0.1) is 0 Å². The third-order valence-corrected chi connectivity index (χ3v) is 2.59. The first-order chi connectivity index (χ1) is 7.61. The highest BCUT2D eigenvalue weighted by atomic mass is 16.5. The molecular weight excluding hydrogens is 206 g/mol. The van der Waals surface area contributed by atoms with Gasteiger partial charge in [0.2, 0.25) is 0 Å². The van der Waals surface area contributed by atoms with E-state index in [1.807, 2.05) is 25.8 Å². The van der Waals surface area contributed by atoms with Gasteiger partial charge in [0, 0.05) is 39.8 Å². The molecule has 0 unspecified atom stereocenters. The first kappa shape index (κ1) is 13.3. The average Bonchev–Trinajstić information content (AvgIpc) is 2.28. The van der Waals surface area contributed by atoms with Crippen molar-refractivity contribution in [1.29, 1.82) is 0 Å². The Kier molecular flexibility index (Phi) is 5.55. The molecular formula is C11H23N3O2. The molecule has 5 nitrogen and oxygen atoms in total. The van der Waals surface area contributed by atoms with Crippen LogP contribution in [0.2, 0.25) is 0 Å². The Balaban J connectivity index is 2.23. The van der Waals surface area contributed by atoms with Gasteiger partial charge in [-0.05, 0) is 13.8 Å². The maximum absolute atomic E-state index is 11.9. The molecule has 0 aromatic heterocycles. The van der Waals surface area contributed by atoms with Crippen LogP contribution < -0.4 is 5.32 Å². The van der Waals surface area contributed by atoms with Crippen molar-refractivity contribution in [3.8, 4) is 0 Å². The summed E-state index contributed by atoms with van der Waals surface area (Å²) in [5.74, 6) is 0. The van der Waals surface area contributed by atoms with E-state index in [1.165, 1.54) is 0 Å². The van der Waals surface area contributed by atoms with Crippen LogP contribution in [-0.4, -0.2) is 68.3 Å². The summed E-state index contributed by atoms with van der Waals surface area (Å²) in [6, 6.07) is 0.105. The molecule has 16 heavy (non-hydrogen) atoms. The minimum absolute atomic E-state index is 0.105. The van der Waals surface area contributed by atoms with Gasteiger partial charge < -0.3 is 19.9 Å². The second-order valence-corrected chi connectivity index (χ2v) is 4.36. The van der Waals surface area contributed by atoms with Crippen LogP contribution in [0.25, 0.3) is 0 Å². The number of nitrogens with zero attached hydrogens (tertiary/aromatic N) is 2. The number of urea groups is 1. The van der Waals surface area contributed by atoms with Gasteiger partial charge in [0.1, 0.15) is 0 Å². The Bertz CT molecular complexity index is 215. The number of hydrogen-bond donors (Lipinski definition) is 1. The van der Waals surface area contributed by atoms with Crippen molar-refractivity contribution in [3.05, 3.63) is 0 Å². The lowest BCUT2D eigenvalue weighted by atomic mass is 10.4. The van der Waals surface area contributed by atoms with E-state index in [0.717, 1.165) is 26.2 Å². The van der Waals surface area contributed by atoms with E-state index < -0.39 is 0 Å². The predicted molar refractivity (Wildman–Crippen MR) is 63.6 cm³/mol. The van der Waals surface area contributed by atoms with Gasteiger partial charge in [0.15, 0.2) is 0 Å². The van der Waals surface area contributed by atoms with Crippen LogP contribution in [0.1, 0.15) is 13.8 Å². The minimum atomic E-state index is 0.105. The fourth-order valence-electron chi connectivity index (χ4n) is 1.62. The molecule has 1 heterocycles. The number of piperazine rings is 1. The Labute approximate surface area is 97.7 Å². The van der Waals surface area contributed by atoms with Gasteiger partial charge in [-0.25, -0.2) is 4.79 Å². The lowest BCUT2D eigenvalue weighted by Crippen LogP contribution is -2.51. The molecule has 0 aromatic carbocycles. The van der Waals surface area contributed by atoms with Crippen molar-refractivity contribution >= 4 is 6.03 Å². The minimum Gasteiger partial charge on any atom is -0.377 e. The summed E-state index contributed by atoms with van der Waals surface area (Å²) in [5.41, 5.74) is 0. The third kappa shape index (κ3) is 4.37. The number of carbonyl (C=O) groups excluding carboxylic acids is 1. The molecule has 1 aliphatic heterocycles. The quantitative estimate of drug-likeness (QED) is 0.757. The molecule has 94 valence electrons. The Morgan fingerprint density at radius 2 is 2.06 bits per heavy atom. The van der Waals surface area contributed by atoms with Crippen LogP contribution >= 0.6 is 0 Å². The summed E-state index contributed by atoms with van der Waals surface area (Å²) in [5, 5.41) is 3.23. The molecule has 1 saturated heterocycles. The highest BCUT2D eigenvalue weighted by Gasteiger charge is 2.19. The zero-order valence-electron chi connectivity index (χ0n) is 10.5. The highest BCUT2D eigenvalue weighted by Crippen LogP contribution is 1.99. The topological polar surface area (TPSA) is 44.8 Å². The standard InChI is InChI=1S/C11H23N3O2/c1-10(2)16-9-8-13(3)11(15)14-6-4-12-5-7-14/h10,12H,4-9H2,1-3H3. The molecule has 1 N–H and O–H groups in total. The van der Waals surface area contributed by atoms with Gasteiger partial charge in [-0.1, -0.05) is 0 Å². The van der Waals surface area contributed by atoms with Crippen molar-refractivity contribution in [3.63, 3.8) is 0 Å². The number of carbonyl (C=O) groups is 1. The van der Waals surface area contributed by atoms with Crippen LogP contribution in [0.15, 0.2) is 0 Å². The molecule has 0 bridgehead atoms. The molecule has 0 saturated carbocycles. The summed E-state index contributed by atoms with van der Waals surface area (Å²) in [6.45, 7) is 8.63. The summed E-state index contributed by atoms with van der Waals surface area (Å²) in [6.07, 6.45) is 0.225. The van der Waals surface area contributed by atoms with Gasteiger partial charge >= 0.3 is 6.03 Å². The van der Waals surface area contributed by atoms with Crippen molar-refractivity contribution in [2.45, 2.75) is 20.0 Å². The summed E-state index contributed by atoms with van der Waals surface area (Å²) in [7, 11) is 1.83. The van der Waals surface area contributed by atoms with Crippen molar-refractivity contribution in [2.75, 3.05) is 46.4 Å². The lowest BCUT2D eigenvalue weighted by molar-refractivity contribution is 0.0638. The van der Waals surface area contributed by atoms with E-state index in [0.29, 0.717) is 13.2 Å². The number of nitrogens with one attached hydrogen (secondary N) is 1. The van der Waals surface area contributed by atoms with E-state index in [1.54, 1.807) is 4.90 Å². The number of likely N-dealkylation sites (N-methyl/N-ethyl adjacent to an activating group) is 1. The maximum Gasteiger partial charge on any atom is 0.319 e. The molecule has 1 rings (SSSR count). The molecule has 0 atom stereocenters. The van der Waals surface area contributed by atoms with E-state index in [-0.39, 0.29) is 12.1 Å². The van der Waals surface area contributed by atoms with Gasteiger partial charge in [-0.3, -0.25) is 0 Å². The summed E-state index contributed by atoms with van der Waals surface area (Å²) < 4.78 is 5.43. The monoisotopic (exact) mass is 229 g/mol. The van der Waals surface area contributed by atoms with E-state index in [4.69, 9.17) is 4.74 Å². The second-order valence-electron chi connectivity index (χ2n) is 4.36. The Morgan fingerprint density at radius 3 is 2.62 bits per heavy atom. The van der Waals surface area contributed by atoms with Crippen molar-refractivity contribution in [1.82, 2.24) is 15.1 Å². The van der Waals surface area contributed by atoms with Crippen LogP contribution in [-0.2, 0) is 4.74 Å². The zero-order chi connectivity index (χ0) is 12.0. The number of rotatable bonds is 4. The number of hydrogen-bond acceptors (Lipinski definition) is 3. The fraction of sp³-hybridized carbons (Fsp3) is 0.909. The van der Waals surface area contributed by atoms with E-state index >= 15 is 0 Å². The van der Waals surface area contributed by atoms with Crippen molar-refractivity contribution in [2.24, 2.45) is 0 Å². The van der Waals surface area contributed by atoms with E-state index in [9.17, 15) is 4.79 Å². The smallest absolute Gasteiger partial charge is 0.319 e. The Hall–Kier alpha value is -0.810. The highest BCUT2D eigenvalue weighted by molar-refractivity contribution is 5.74. The first-order valence-electron chi connectivity index (χ1n) is 5.93. The summed E-state index contributed by atoms with van der Waals surface area (Å²) >= 11 is 0. The average molecular weight is 229 g/mol. The molecule has 5 heteroatoms. The maximum atomic E-state index is 11.9. The molecule has 0 aliphatic carbocycles. The van der Waals surface area contributed by atoms with Gasteiger partial charge in [0.05, 0.1) is 12.7 Å². The first-order valence-corrected chi connectivity index (χ1v) is 5.93. The molecule has 1 fully saturated rings. The van der Waals surface area contributed by atoms with Gasteiger partial charge in [-0.15, -0.1) is 0 Å². The zero-order valence-corrected chi connectivity index (χ0v) is 10.5. The number of amides is 2. The van der Waals surface area contributed by atoms with Crippen molar-refractivity contribution < 1.29 is 9.53 Å².